The first kappa shape index (κ1) is 36.1. The molecule has 0 bridgehead atoms. The van der Waals surface area contributed by atoms with Crippen molar-refractivity contribution in [1.29, 1.82) is 0 Å². The Kier molecular flexibility index (Phi) is 9.05. The molecule has 3 heteroatoms. The van der Waals surface area contributed by atoms with Gasteiger partial charge in [-0.15, -0.1) is 0 Å². The van der Waals surface area contributed by atoms with Gasteiger partial charge in [0, 0.05) is 33.9 Å². The molecule has 0 aliphatic carbocycles. The van der Waals surface area contributed by atoms with Gasteiger partial charge in [-0.05, 0) is 121 Å². The van der Waals surface area contributed by atoms with Crippen LogP contribution in [0.25, 0.3) is 88.3 Å². The average Bonchev–Trinajstić information content (AvgIpc) is 3.70. The predicted molar refractivity (Wildman–Crippen MR) is 253 cm³/mol. The Bertz CT molecular complexity index is 3340. The van der Waals surface area contributed by atoms with E-state index >= 15 is 0 Å². The molecular formula is C58H38FNO. The van der Waals surface area contributed by atoms with Crippen LogP contribution < -0.4 is 4.90 Å². The minimum Gasteiger partial charge on any atom is -0.456 e. The molecule has 0 saturated carbocycles. The number of fused-ring (bicyclic) bond motifs is 4. The van der Waals surface area contributed by atoms with E-state index in [1.807, 2.05) is 30.3 Å². The molecule has 0 amide bonds. The van der Waals surface area contributed by atoms with Crippen LogP contribution in [-0.2, 0) is 0 Å². The third-order valence-corrected chi connectivity index (χ3v) is 11.8. The summed E-state index contributed by atoms with van der Waals surface area (Å²) >= 11 is 0. The van der Waals surface area contributed by atoms with E-state index in [9.17, 15) is 4.39 Å². The van der Waals surface area contributed by atoms with Crippen molar-refractivity contribution in [3.8, 4) is 55.6 Å². The van der Waals surface area contributed by atoms with E-state index in [4.69, 9.17) is 4.42 Å². The number of halogens is 1. The van der Waals surface area contributed by atoms with E-state index in [-0.39, 0.29) is 5.82 Å². The molecule has 0 atom stereocenters. The molecule has 0 unspecified atom stereocenters. The van der Waals surface area contributed by atoms with Crippen LogP contribution in [0.15, 0.2) is 235 Å². The van der Waals surface area contributed by atoms with Crippen molar-refractivity contribution in [3.63, 3.8) is 0 Å². The van der Waals surface area contributed by atoms with E-state index in [1.54, 1.807) is 0 Å². The fourth-order valence-electron chi connectivity index (χ4n) is 8.89. The summed E-state index contributed by atoms with van der Waals surface area (Å²) in [6.07, 6.45) is 0. The summed E-state index contributed by atoms with van der Waals surface area (Å²) in [5.41, 5.74) is 16.0. The molecule has 1 heterocycles. The quantitative estimate of drug-likeness (QED) is 0.153. The zero-order valence-corrected chi connectivity index (χ0v) is 33.2. The van der Waals surface area contributed by atoms with Gasteiger partial charge in [0.25, 0.3) is 0 Å². The first-order valence-corrected chi connectivity index (χ1v) is 20.6. The van der Waals surface area contributed by atoms with Gasteiger partial charge in [0.1, 0.15) is 17.0 Å². The maximum absolute atomic E-state index is 13.9. The number of para-hydroxylation sites is 1. The molecule has 2 nitrogen and oxygen atoms in total. The van der Waals surface area contributed by atoms with Gasteiger partial charge >= 0.3 is 0 Å². The lowest BCUT2D eigenvalue weighted by atomic mass is 9.89. The fraction of sp³-hybridized carbons (Fsp3) is 0. The Balaban J connectivity index is 1.01. The van der Waals surface area contributed by atoms with Crippen LogP contribution in [0.3, 0.4) is 0 Å². The Morgan fingerprint density at radius 3 is 1.36 bits per heavy atom. The number of nitrogens with zero attached hydrogens (tertiary/aromatic N) is 1. The standard InChI is InChI=1S/C58H38FNO/c59-44-30-24-40(25-31-44)48-16-4-6-18-52(48)53-19-7-5-17-49(53)41-26-32-45(33-27-41)60(47-36-37-55-54-20-8-9-23-56(54)61-57(55)38-47)46-34-28-42(29-35-46)51-22-11-15-43-14-10-21-50(58(43)51)39-12-2-1-3-13-39/h1-38H. The number of furan rings is 1. The fourth-order valence-corrected chi connectivity index (χ4v) is 8.89. The zero-order chi connectivity index (χ0) is 40.7. The smallest absolute Gasteiger partial charge is 0.137 e. The SMILES string of the molecule is Fc1ccc(-c2ccccc2-c2ccccc2-c2ccc(N(c3ccc(-c4cccc5cccc(-c6ccccc6)c45)cc3)c3ccc4c(c3)oc3ccccc34)cc2)cc1. The molecule has 61 heavy (non-hydrogen) atoms. The number of anilines is 3. The van der Waals surface area contributed by atoms with Crippen molar-refractivity contribution in [2.75, 3.05) is 4.90 Å². The van der Waals surface area contributed by atoms with Crippen LogP contribution >= 0.6 is 0 Å². The van der Waals surface area contributed by atoms with E-state index < -0.39 is 0 Å². The summed E-state index contributed by atoms with van der Waals surface area (Å²) in [7, 11) is 0. The van der Waals surface area contributed by atoms with Crippen molar-refractivity contribution in [1.82, 2.24) is 0 Å². The van der Waals surface area contributed by atoms with Crippen LogP contribution in [-0.4, -0.2) is 0 Å². The van der Waals surface area contributed by atoms with Gasteiger partial charge in [-0.2, -0.15) is 0 Å². The minimum atomic E-state index is -0.244. The van der Waals surface area contributed by atoms with Crippen molar-refractivity contribution >= 4 is 49.8 Å². The molecule has 1 aromatic heterocycles. The average molecular weight is 784 g/mol. The molecule has 0 fully saturated rings. The van der Waals surface area contributed by atoms with Crippen molar-refractivity contribution in [2.45, 2.75) is 0 Å². The normalized spacial score (nSPS) is 11.4. The number of rotatable bonds is 8. The Labute approximate surface area is 354 Å². The lowest BCUT2D eigenvalue weighted by Gasteiger charge is -2.26. The molecule has 0 aliphatic rings. The second-order valence-electron chi connectivity index (χ2n) is 15.4. The second kappa shape index (κ2) is 15.3. The van der Waals surface area contributed by atoms with E-state index in [0.29, 0.717) is 0 Å². The number of hydrogen-bond donors (Lipinski definition) is 0. The molecule has 0 aliphatic heterocycles. The van der Waals surface area contributed by atoms with Gasteiger partial charge in [0.15, 0.2) is 0 Å². The van der Waals surface area contributed by atoms with Gasteiger partial charge in [-0.25, -0.2) is 4.39 Å². The predicted octanol–water partition coefficient (Wildman–Crippen LogP) is 16.7. The zero-order valence-electron chi connectivity index (χ0n) is 33.2. The Morgan fingerprint density at radius 2 is 0.754 bits per heavy atom. The molecule has 11 aromatic rings. The maximum atomic E-state index is 13.9. The van der Waals surface area contributed by atoms with Crippen molar-refractivity contribution in [3.05, 3.63) is 236 Å². The van der Waals surface area contributed by atoms with Crippen LogP contribution in [0.1, 0.15) is 0 Å². The summed E-state index contributed by atoms with van der Waals surface area (Å²) in [4.78, 5) is 2.30. The summed E-state index contributed by atoms with van der Waals surface area (Å²) in [5, 5.41) is 4.65. The second-order valence-corrected chi connectivity index (χ2v) is 15.4. The van der Waals surface area contributed by atoms with E-state index in [2.05, 4.69) is 193 Å². The van der Waals surface area contributed by atoms with Crippen molar-refractivity contribution in [2.24, 2.45) is 0 Å². The van der Waals surface area contributed by atoms with Gasteiger partial charge in [0.2, 0.25) is 0 Å². The lowest BCUT2D eigenvalue weighted by Crippen LogP contribution is -2.09. The molecule has 0 N–H and O–H groups in total. The highest BCUT2D eigenvalue weighted by atomic mass is 19.1. The van der Waals surface area contributed by atoms with Gasteiger partial charge in [-0.1, -0.05) is 170 Å². The van der Waals surface area contributed by atoms with E-state index in [1.165, 1.54) is 39.6 Å². The topological polar surface area (TPSA) is 16.4 Å². The highest BCUT2D eigenvalue weighted by molar-refractivity contribution is 6.07. The highest BCUT2D eigenvalue weighted by Crippen LogP contribution is 2.43. The summed E-state index contributed by atoms with van der Waals surface area (Å²) in [6, 6.07) is 79.8. The Morgan fingerprint density at radius 1 is 0.311 bits per heavy atom. The molecule has 11 rings (SSSR count). The lowest BCUT2D eigenvalue weighted by molar-refractivity contribution is 0.628. The molecular weight excluding hydrogens is 746 g/mol. The molecule has 0 saturated heterocycles. The molecule has 10 aromatic carbocycles. The number of benzene rings is 10. The third kappa shape index (κ3) is 6.63. The molecule has 0 radical (unpaired) electrons. The monoisotopic (exact) mass is 783 g/mol. The van der Waals surface area contributed by atoms with Crippen molar-refractivity contribution < 1.29 is 8.81 Å². The largest absolute Gasteiger partial charge is 0.456 e. The van der Waals surface area contributed by atoms with Crippen LogP contribution in [0.4, 0.5) is 21.5 Å². The van der Waals surface area contributed by atoms with Crippen LogP contribution in [0.5, 0.6) is 0 Å². The molecule has 288 valence electrons. The number of hydrogen-bond acceptors (Lipinski definition) is 2. The summed E-state index contributed by atoms with van der Waals surface area (Å²) < 4.78 is 20.3. The third-order valence-electron chi connectivity index (χ3n) is 11.8. The minimum absolute atomic E-state index is 0.244. The first-order valence-electron chi connectivity index (χ1n) is 20.6. The summed E-state index contributed by atoms with van der Waals surface area (Å²) in [5.74, 6) is -0.244. The van der Waals surface area contributed by atoms with Gasteiger partial charge in [0.05, 0.1) is 0 Å². The summed E-state index contributed by atoms with van der Waals surface area (Å²) in [6.45, 7) is 0. The van der Waals surface area contributed by atoms with Crippen LogP contribution in [0, 0.1) is 5.82 Å². The maximum Gasteiger partial charge on any atom is 0.137 e. The van der Waals surface area contributed by atoms with Gasteiger partial charge < -0.3 is 9.32 Å². The van der Waals surface area contributed by atoms with Gasteiger partial charge in [-0.3, -0.25) is 0 Å². The van der Waals surface area contributed by atoms with E-state index in [0.717, 1.165) is 77.9 Å². The molecule has 0 spiro atoms. The highest BCUT2D eigenvalue weighted by Gasteiger charge is 2.18. The van der Waals surface area contributed by atoms with Crippen LogP contribution in [0.2, 0.25) is 0 Å². The first-order chi connectivity index (χ1) is 30.2. The Hall–Kier alpha value is -8.01.